The zero-order valence-electron chi connectivity index (χ0n) is 10.1. The SMILES string of the molecule is CC1C(=O)NCCN1Cc1ccc(C#N)cc1Cl. The third kappa shape index (κ3) is 2.63. The molecule has 1 amide bonds. The Morgan fingerprint density at radius 3 is 3.06 bits per heavy atom. The molecule has 0 radical (unpaired) electrons. The quantitative estimate of drug-likeness (QED) is 0.880. The van der Waals surface area contributed by atoms with Crippen LogP contribution in [0, 0.1) is 11.3 Å². The average Bonchev–Trinajstić information content (AvgIpc) is 2.37. The number of piperazine rings is 1. The van der Waals surface area contributed by atoms with Crippen LogP contribution in [0.3, 0.4) is 0 Å². The van der Waals surface area contributed by atoms with E-state index in [1.807, 2.05) is 13.0 Å². The summed E-state index contributed by atoms with van der Waals surface area (Å²) in [6.07, 6.45) is 0. The molecule has 5 heteroatoms. The van der Waals surface area contributed by atoms with Gasteiger partial charge in [0.15, 0.2) is 0 Å². The molecule has 1 heterocycles. The van der Waals surface area contributed by atoms with Crippen molar-refractivity contribution in [2.45, 2.75) is 19.5 Å². The van der Waals surface area contributed by atoms with E-state index in [9.17, 15) is 4.79 Å². The minimum Gasteiger partial charge on any atom is -0.353 e. The second-order valence-corrected chi connectivity index (χ2v) is 4.76. The maximum absolute atomic E-state index is 11.6. The maximum Gasteiger partial charge on any atom is 0.237 e. The van der Waals surface area contributed by atoms with E-state index in [1.165, 1.54) is 0 Å². The van der Waals surface area contributed by atoms with Crippen LogP contribution in [0.1, 0.15) is 18.1 Å². The van der Waals surface area contributed by atoms with Crippen molar-refractivity contribution in [3.8, 4) is 6.07 Å². The predicted octanol–water partition coefficient (Wildman–Crippen LogP) is 1.53. The minimum absolute atomic E-state index is 0.0472. The lowest BCUT2D eigenvalue weighted by Crippen LogP contribution is -2.53. The Labute approximate surface area is 111 Å². The van der Waals surface area contributed by atoms with Gasteiger partial charge in [-0.05, 0) is 24.6 Å². The van der Waals surface area contributed by atoms with E-state index in [-0.39, 0.29) is 11.9 Å². The summed E-state index contributed by atoms with van der Waals surface area (Å²) in [7, 11) is 0. The normalized spacial score (nSPS) is 20.3. The number of nitrogens with one attached hydrogen (secondary N) is 1. The summed E-state index contributed by atoms with van der Waals surface area (Å²) in [5.41, 5.74) is 1.49. The molecule has 4 nitrogen and oxygen atoms in total. The van der Waals surface area contributed by atoms with Gasteiger partial charge in [0, 0.05) is 24.7 Å². The Hall–Kier alpha value is -1.57. The maximum atomic E-state index is 11.6. The summed E-state index contributed by atoms with van der Waals surface area (Å²) in [4.78, 5) is 13.6. The van der Waals surface area contributed by atoms with Gasteiger partial charge in [-0.2, -0.15) is 5.26 Å². The second kappa shape index (κ2) is 5.38. The van der Waals surface area contributed by atoms with Crippen molar-refractivity contribution < 1.29 is 4.79 Å². The number of carbonyl (C=O) groups excluding carboxylic acids is 1. The lowest BCUT2D eigenvalue weighted by Gasteiger charge is -2.32. The van der Waals surface area contributed by atoms with Gasteiger partial charge in [0.1, 0.15) is 0 Å². The van der Waals surface area contributed by atoms with Gasteiger partial charge in [0.25, 0.3) is 0 Å². The number of halogens is 1. The number of nitrogens with zero attached hydrogens (tertiary/aromatic N) is 2. The number of carbonyl (C=O) groups is 1. The number of rotatable bonds is 2. The van der Waals surface area contributed by atoms with Crippen LogP contribution in [0.25, 0.3) is 0 Å². The van der Waals surface area contributed by atoms with Crippen molar-refractivity contribution in [3.05, 3.63) is 34.3 Å². The standard InChI is InChI=1S/C13H14ClN3O/c1-9-13(18)16-4-5-17(9)8-11-3-2-10(7-15)6-12(11)14/h2-3,6,9H,4-5,8H2,1H3,(H,16,18). The highest BCUT2D eigenvalue weighted by Crippen LogP contribution is 2.20. The molecular formula is C13H14ClN3O. The lowest BCUT2D eigenvalue weighted by atomic mass is 10.1. The Morgan fingerprint density at radius 1 is 1.61 bits per heavy atom. The van der Waals surface area contributed by atoms with Crippen LogP contribution in [0.15, 0.2) is 18.2 Å². The minimum atomic E-state index is -0.148. The van der Waals surface area contributed by atoms with E-state index < -0.39 is 0 Å². The van der Waals surface area contributed by atoms with Crippen LogP contribution < -0.4 is 5.32 Å². The van der Waals surface area contributed by atoms with Gasteiger partial charge >= 0.3 is 0 Å². The summed E-state index contributed by atoms with van der Waals surface area (Å²) in [6.45, 7) is 3.98. The highest BCUT2D eigenvalue weighted by molar-refractivity contribution is 6.31. The molecule has 0 bridgehead atoms. The van der Waals surface area contributed by atoms with Gasteiger partial charge in [0.2, 0.25) is 5.91 Å². The number of amides is 1. The first-order chi connectivity index (χ1) is 8.61. The molecule has 1 aromatic rings. The highest BCUT2D eigenvalue weighted by Gasteiger charge is 2.25. The lowest BCUT2D eigenvalue weighted by molar-refractivity contribution is -0.128. The van der Waals surface area contributed by atoms with Crippen LogP contribution >= 0.6 is 11.6 Å². The smallest absolute Gasteiger partial charge is 0.237 e. The van der Waals surface area contributed by atoms with Crippen molar-refractivity contribution in [2.75, 3.05) is 13.1 Å². The molecule has 1 aliphatic rings. The van der Waals surface area contributed by atoms with E-state index in [4.69, 9.17) is 16.9 Å². The van der Waals surface area contributed by atoms with Crippen molar-refractivity contribution in [2.24, 2.45) is 0 Å². The Kier molecular flexibility index (Phi) is 3.85. The van der Waals surface area contributed by atoms with Crippen molar-refractivity contribution in [1.29, 1.82) is 5.26 Å². The molecule has 1 aliphatic heterocycles. The van der Waals surface area contributed by atoms with Gasteiger partial charge in [-0.3, -0.25) is 9.69 Å². The van der Waals surface area contributed by atoms with Gasteiger partial charge in [0.05, 0.1) is 17.7 Å². The van der Waals surface area contributed by atoms with Crippen LogP contribution in [0.4, 0.5) is 0 Å². The first-order valence-corrected chi connectivity index (χ1v) is 6.20. The first-order valence-electron chi connectivity index (χ1n) is 5.82. The van der Waals surface area contributed by atoms with Gasteiger partial charge < -0.3 is 5.32 Å². The van der Waals surface area contributed by atoms with Crippen molar-refractivity contribution in [3.63, 3.8) is 0 Å². The molecule has 1 fully saturated rings. The largest absolute Gasteiger partial charge is 0.353 e. The molecule has 0 aromatic heterocycles. The number of hydrogen-bond donors (Lipinski definition) is 1. The molecule has 1 N–H and O–H groups in total. The topological polar surface area (TPSA) is 56.1 Å². The van der Waals surface area contributed by atoms with Crippen molar-refractivity contribution in [1.82, 2.24) is 10.2 Å². The molecule has 1 unspecified atom stereocenters. The molecular weight excluding hydrogens is 250 g/mol. The molecule has 0 aliphatic carbocycles. The summed E-state index contributed by atoms with van der Waals surface area (Å²) >= 11 is 6.13. The molecule has 1 saturated heterocycles. The third-order valence-corrected chi connectivity index (χ3v) is 3.53. The first kappa shape index (κ1) is 12.9. The Morgan fingerprint density at radius 2 is 2.39 bits per heavy atom. The number of nitriles is 1. The highest BCUT2D eigenvalue weighted by atomic mass is 35.5. The fourth-order valence-corrected chi connectivity index (χ4v) is 2.25. The molecule has 0 saturated carbocycles. The van der Waals surface area contributed by atoms with E-state index in [2.05, 4.69) is 16.3 Å². The predicted molar refractivity (Wildman–Crippen MR) is 69.0 cm³/mol. The summed E-state index contributed by atoms with van der Waals surface area (Å²) in [6, 6.07) is 7.16. The second-order valence-electron chi connectivity index (χ2n) is 4.36. The summed E-state index contributed by atoms with van der Waals surface area (Å²) in [5, 5.41) is 12.2. The van der Waals surface area contributed by atoms with Crippen LogP contribution in [0.5, 0.6) is 0 Å². The van der Waals surface area contributed by atoms with Gasteiger partial charge in [-0.15, -0.1) is 0 Å². The summed E-state index contributed by atoms with van der Waals surface area (Å²) < 4.78 is 0. The fourth-order valence-electron chi connectivity index (χ4n) is 2.01. The van der Waals surface area contributed by atoms with E-state index in [0.717, 1.165) is 12.1 Å². The van der Waals surface area contributed by atoms with Gasteiger partial charge in [-0.25, -0.2) is 0 Å². The zero-order valence-corrected chi connectivity index (χ0v) is 10.9. The molecule has 18 heavy (non-hydrogen) atoms. The molecule has 2 rings (SSSR count). The average molecular weight is 264 g/mol. The van der Waals surface area contributed by atoms with Gasteiger partial charge in [-0.1, -0.05) is 17.7 Å². The van der Waals surface area contributed by atoms with Crippen LogP contribution in [-0.2, 0) is 11.3 Å². The van der Waals surface area contributed by atoms with E-state index in [0.29, 0.717) is 23.7 Å². The molecule has 0 spiro atoms. The van der Waals surface area contributed by atoms with Crippen molar-refractivity contribution >= 4 is 17.5 Å². The monoisotopic (exact) mass is 263 g/mol. The molecule has 1 atom stereocenters. The van der Waals surface area contributed by atoms with Crippen LogP contribution in [-0.4, -0.2) is 29.9 Å². The summed E-state index contributed by atoms with van der Waals surface area (Å²) in [5.74, 6) is 0.0472. The molecule has 1 aromatic carbocycles. The van der Waals surface area contributed by atoms with E-state index in [1.54, 1.807) is 12.1 Å². The number of benzene rings is 1. The van der Waals surface area contributed by atoms with Crippen LogP contribution in [0.2, 0.25) is 5.02 Å². The fraction of sp³-hybridized carbons (Fsp3) is 0.385. The Balaban J connectivity index is 2.14. The molecule has 94 valence electrons. The third-order valence-electron chi connectivity index (χ3n) is 3.18. The zero-order chi connectivity index (χ0) is 13.1. The Bertz CT molecular complexity index is 509. The number of hydrogen-bond acceptors (Lipinski definition) is 3. The van der Waals surface area contributed by atoms with E-state index >= 15 is 0 Å².